The first-order valence-corrected chi connectivity index (χ1v) is 5.61. The molecule has 1 aromatic rings. The molecule has 0 aliphatic heterocycles. The molecule has 0 unspecified atom stereocenters. The maximum atomic E-state index is 8.65. The molecule has 0 radical (unpaired) electrons. The molecule has 0 fully saturated rings. The summed E-state index contributed by atoms with van der Waals surface area (Å²) in [6, 6.07) is 1.72. The summed E-state index contributed by atoms with van der Waals surface area (Å²) in [4.78, 5) is 8.29. The summed E-state index contributed by atoms with van der Waals surface area (Å²) in [6.45, 7) is 0.553. The Morgan fingerprint density at radius 2 is 2.33 bits per heavy atom. The van der Waals surface area contributed by atoms with Crippen LogP contribution in [0.5, 0.6) is 0 Å². The van der Waals surface area contributed by atoms with Crippen molar-refractivity contribution in [3.05, 3.63) is 11.9 Å². The van der Waals surface area contributed by atoms with Gasteiger partial charge in [0.2, 0.25) is 0 Å². The van der Waals surface area contributed by atoms with Gasteiger partial charge in [-0.1, -0.05) is 0 Å². The summed E-state index contributed by atoms with van der Waals surface area (Å²) in [7, 11) is 1.59. The number of thioether (sulfide) groups is 1. The van der Waals surface area contributed by atoms with Gasteiger partial charge in [0.25, 0.3) is 0 Å². The Bertz CT molecular complexity index is 309. The molecule has 0 aliphatic carbocycles. The molecule has 3 N–H and O–H groups in total. The number of aliphatic hydroxyl groups is 1. The van der Waals surface area contributed by atoms with Crippen molar-refractivity contribution in [2.24, 2.45) is 0 Å². The van der Waals surface area contributed by atoms with Crippen molar-refractivity contribution < 1.29 is 9.84 Å². The van der Waals surface area contributed by atoms with E-state index in [0.717, 1.165) is 17.2 Å². The first kappa shape index (κ1) is 12.2. The van der Waals surface area contributed by atoms with Gasteiger partial charge in [0.05, 0.1) is 0 Å². The number of hydrogen-bond acceptors (Lipinski definition) is 6. The standard InChI is InChI=1S/C9H15N3O2S/c1-14-6-8-11-7(10)5-9(12-8)15-4-2-3-13/h5,13H,2-4,6H2,1H3,(H2,10,11,12). The van der Waals surface area contributed by atoms with E-state index in [9.17, 15) is 0 Å². The fourth-order valence-electron chi connectivity index (χ4n) is 1.00. The highest BCUT2D eigenvalue weighted by Crippen LogP contribution is 2.18. The van der Waals surface area contributed by atoms with Crippen LogP contribution in [0.3, 0.4) is 0 Å². The van der Waals surface area contributed by atoms with Gasteiger partial charge < -0.3 is 15.6 Å². The van der Waals surface area contributed by atoms with Crippen molar-refractivity contribution in [2.45, 2.75) is 18.1 Å². The van der Waals surface area contributed by atoms with Gasteiger partial charge >= 0.3 is 0 Å². The van der Waals surface area contributed by atoms with Crippen LogP contribution < -0.4 is 5.73 Å². The quantitative estimate of drug-likeness (QED) is 0.424. The largest absolute Gasteiger partial charge is 0.396 e. The van der Waals surface area contributed by atoms with Crippen molar-refractivity contribution in [3.63, 3.8) is 0 Å². The second kappa shape index (κ2) is 6.60. The molecular weight excluding hydrogens is 214 g/mol. The molecule has 6 heteroatoms. The van der Waals surface area contributed by atoms with Gasteiger partial charge in [-0.25, -0.2) is 9.97 Å². The predicted molar refractivity (Wildman–Crippen MR) is 59.6 cm³/mol. The molecule has 0 aliphatic rings. The normalized spacial score (nSPS) is 10.5. The molecule has 1 rings (SSSR count). The first-order valence-electron chi connectivity index (χ1n) is 4.62. The van der Waals surface area contributed by atoms with Crippen LogP contribution in [-0.2, 0) is 11.3 Å². The molecule has 0 bridgehead atoms. The Balaban J connectivity index is 2.62. The highest BCUT2D eigenvalue weighted by atomic mass is 32.2. The molecule has 1 aromatic heterocycles. The smallest absolute Gasteiger partial charge is 0.157 e. The number of aliphatic hydroxyl groups excluding tert-OH is 1. The van der Waals surface area contributed by atoms with Crippen molar-refractivity contribution in [1.82, 2.24) is 9.97 Å². The van der Waals surface area contributed by atoms with E-state index in [1.807, 2.05) is 0 Å². The van der Waals surface area contributed by atoms with Gasteiger partial charge in [0.15, 0.2) is 5.82 Å². The van der Waals surface area contributed by atoms with Gasteiger partial charge in [-0.3, -0.25) is 0 Å². The molecule has 0 saturated heterocycles. The summed E-state index contributed by atoms with van der Waals surface area (Å²) < 4.78 is 4.93. The number of methoxy groups -OCH3 is 1. The molecule has 0 atom stereocenters. The van der Waals surface area contributed by atoms with E-state index in [4.69, 9.17) is 15.6 Å². The number of anilines is 1. The van der Waals surface area contributed by atoms with E-state index >= 15 is 0 Å². The number of ether oxygens (including phenoxy) is 1. The minimum Gasteiger partial charge on any atom is -0.396 e. The van der Waals surface area contributed by atoms with Gasteiger partial charge in [0, 0.05) is 25.5 Å². The molecule has 0 aromatic carbocycles. The average molecular weight is 229 g/mol. The Hall–Kier alpha value is -0.850. The van der Waals surface area contributed by atoms with Crippen LogP contribution in [0.15, 0.2) is 11.1 Å². The second-order valence-corrected chi connectivity index (χ2v) is 4.02. The van der Waals surface area contributed by atoms with Gasteiger partial charge in [-0.05, 0) is 6.42 Å². The van der Waals surface area contributed by atoms with E-state index in [0.29, 0.717) is 18.2 Å². The predicted octanol–water partition coefficient (Wildman–Crippen LogP) is 0.680. The Morgan fingerprint density at radius 3 is 3.00 bits per heavy atom. The maximum Gasteiger partial charge on any atom is 0.157 e. The lowest BCUT2D eigenvalue weighted by Gasteiger charge is -2.04. The zero-order valence-electron chi connectivity index (χ0n) is 8.64. The van der Waals surface area contributed by atoms with Gasteiger partial charge in [-0.2, -0.15) is 0 Å². The molecule has 1 heterocycles. The SMILES string of the molecule is COCc1nc(N)cc(SCCCO)n1. The Kier molecular flexibility index (Phi) is 5.38. The fourth-order valence-corrected chi connectivity index (χ4v) is 1.86. The minimum absolute atomic E-state index is 0.193. The number of hydrogen-bond donors (Lipinski definition) is 2. The van der Waals surface area contributed by atoms with Crippen LogP contribution in [-0.4, -0.2) is 34.5 Å². The molecule has 84 valence electrons. The summed E-state index contributed by atoms with van der Waals surface area (Å²) >= 11 is 1.55. The molecule has 0 amide bonds. The molecule has 0 saturated carbocycles. The number of nitrogen functional groups attached to an aromatic ring is 1. The lowest BCUT2D eigenvalue weighted by molar-refractivity contribution is 0.177. The second-order valence-electron chi connectivity index (χ2n) is 2.91. The van der Waals surface area contributed by atoms with Crippen LogP contribution in [0, 0.1) is 0 Å². The van der Waals surface area contributed by atoms with Crippen LogP contribution in [0.1, 0.15) is 12.2 Å². The third-order valence-corrected chi connectivity index (χ3v) is 2.59. The maximum absolute atomic E-state index is 8.65. The van der Waals surface area contributed by atoms with Crippen LogP contribution in [0.2, 0.25) is 0 Å². The number of nitrogens with zero attached hydrogens (tertiary/aromatic N) is 2. The first-order chi connectivity index (χ1) is 7.26. The molecule has 0 spiro atoms. The summed E-state index contributed by atoms with van der Waals surface area (Å²) in [5, 5.41) is 9.47. The van der Waals surface area contributed by atoms with E-state index < -0.39 is 0 Å². The lowest BCUT2D eigenvalue weighted by Crippen LogP contribution is -2.02. The van der Waals surface area contributed by atoms with Crippen molar-refractivity contribution in [2.75, 3.05) is 25.2 Å². The number of aromatic nitrogens is 2. The van der Waals surface area contributed by atoms with Crippen molar-refractivity contribution >= 4 is 17.6 Å². The lowest BCUT2D eigenvalue weighted by atomic mass is 10.5. The van der Waals surface area contributed by atoms with Crippen LogP contribution in [0.25, 0.3) is 0 Å². The molecule has 15 heavy (non-hydrogen) atoms. The molecular formula is C9H15N3O2S. The highest BCUT2D eigenvalue weighted by Gasteiger charge is 2.02. The minimum atomic E-state index is 0.193. The summed E-state index contributed by atoms with van der Waals surface area (Å²) in [6.07, 6.45) is 0.744. The average Bonchev–Trinajstić information content (AvgIpc) is 2.18. The third kappa shape index (κ3) is 4.46. The van der Waals surface area contributed by atoms with Crippen LogP contribution in [0.4, 0.5) is 5.82 Å². The summed E-state index contributed by atoms with van der Waals surface area (Å²) in [5.74, 6) is 1.85. The van der Waals surface area contributed by atoms with Crippen LogP contribution >= 0.6 is 11.8 Å². The van der Waals surface area contributed by atoms with E-state index in [-0.39, 0.29) is 6.61 Å². The molecule has 5 nitrogen and oxygen atoms in total. The monoisotopic (exact) mass is 229 g/mol. The van der Waals surface area contributed by atoms with Crippen molar-refractivity contribution in [3.8, 4) is 0 Å². The Morgan fingerprint density at radius 1 is 1.53 bits per heavy atom. The highest BCUT2D eigenvalue weighted by molar-refractivity contribution is 7.99. The van der Waals surface area contributed by atoms with Crippen molar-refractivity contribution in [1.29, 1.82) is 0 Å². The number of nitrogens with two attached hydrogens (primary N) is 1. The third-order valence-electron chi connectivity index (χ3n) is 1.59. The van der Waals surface area contributed by atoms with E-state index in [1.165, 1.54) is 0 Å². The zero-order valence-corrected chi connectivity index (χ0v) is 9.46. The Labute approximate surface area is 93.1 Å². The number of rotatable bonds is 6. The van der Waals surface area contributed by atoms with Gasteiger partial charge in [0.1, 0.15) is 17.5 Å². The zero-order chi connectivity index (χ0) is 11.1. The van der Waals surface area contributed by atoms with E-state index in [1.54, 1.807) is 24.9 Å². The van der Waals surface area contributed by atoms with Gasteiger partial charge in [-0.15, -0.1) is 11.8 Å². The topological polar surface area (TPSA) is 81.3 Å². The summed E-state index contributed by atoms with van der Waals surface area (Å²) in [5.41, 5.74) is 5.62. The van der Waals surface area contributed by atoms with E-state index in [2.05, 4.69) is 9.97 Å². The fraction of sp³-hybridized carbons (Fsp3) is 0.556.